The van der Waals surface area contributed by atoms with Gasteiger partial charge in [-0.25, -0.2) is 0 Å². The molecule has 1 aliphatic heterocycles. The summed E-state index contributed by atoms with van der Waals surface area (Å²) in [6.45, 7) is 5.17. The molecule has 0 radical (unpaired) electrons. The summed E-state index contributed by atoms with van der Waals surface area (Å²) in [5.41, 5.74) is 11.0. The minimum Gasteiger partial charge on any atom is -0.493 e. The van der Waals surface area contributed by atoms with Crippen molar-refractivity contribution in [2.24, 2.45) is 16.5 Å². The van der Waals surface area contributed by atoms with Crippen LogP contribution in [0.5, 0.6) is 23.0 Å². The van der Waals surface area contributed by atoms with E-state index >= 15 is 0 Å². The van der Waals surface area contributed by atoms with Crippen LogP contribution >= 0.6 is 0 Å². The van der Waals surface area contributed by atoms with E-state index in [0.717, 1.165) is 62.6 Å². The number of alkyl halides is 3. The van der Waals surface area contributed by atoms with E-state index < -0.39 is 29.5 Å². The Hall–Kier alpha value is -5.02. The zero-order valence-corrected chi connectivity index (χ0v) is 26.9. The van der Waals surface area contributed by atoms with E-state index in [2.05, 4.69) is 20.1 Å². The summed E-state index contributed by atoms with van der Waals surface area (Å²) in [6.07, 6.45) is -3.87. The highest BCUT2D eigenvalue weighted by Gasteiger charge is 2.30. The van der Waals surface area contributed by atoms with Crippen LogP contribution in [0.15, 0.2) is 59.6 Å². The normalized spacial score (nSPS) is 13.8. The average molecular weight is 673 g/mol. The van der Waals surface area contributed by atoms with Gasteiger partial charge in [-0.2, -0.15) is 18.2 Å². The Bertz CT molecular complexity index is 1600. The van der Waals surface area contributed by atoms with Gasteiger partial charge in [0, 0.05) is 56.0 Å². The van der Waals surface area contributed by atoms with Crippen LogP contribution < -0.4 is 35.7 Å². The summed E-state index contributed by atoms with van der Waals surface area (Å²) in [5, 5.41) is 2.62. The van der Waals surface area contributed by atoms with Crippen LogP contribution in [0, 0.1) is 0 Å². The zero-order chi connectivity index (χ0) is 34.8. The van der Waals surface area contributed by atoms with Gasteiger partial charge < -0.3 is 40.6 Å². The van der Waals surface area contributed by atoms with Crippen LogP contribution in [0.25, 0.3) is 0 Å². The number of anilines is 1. The van der Waals surface area contributed by atoms with Gasteiger partial charge in [0.15, 0.2) is 17.5 Å². The summed E-state index contributed by atoms with van der Waals surface area (Å²) in [7, 11) is 4.77. The van der Waals surface area contributed by atoms with E-state index in [0.29, 0.717) is 36.8 Å². The van der Waals surface area contributed by atoms with Crippen LogP contribution in [0.4, 0.5) is 18.9 Å². The van der Waals surface area contributed by atoms with Crippen molar-refractivity contribution in [1.82, 2.24) is 9.80 Å². The number of aliphatic imine (C=N–C) groups is 1. The molecule has 0 aromatic heterocycles. The van der Waals surface area contributed by atoms with Crippen molar-refractivity contribution < 1.29 is 41.7 Å². The predicted molar refractivity (Wildman–Crippen MR) is 174 cm³/mol. The summed E-state index contributed by atoms with van der Waals surface area (Å²) >= 11 is 0. The highest BCUT2D eigenvalue weighted by atomic mass is 19.4. The fourth-order valence-electron chi connectivity index (χ4n) is 5.24. The number of benzene rings is 3. The number of carbonyl (C=O) groups excluding carboxylic acids is 2. The highest BCUT2D eigenvalue weighted by Crippen LogP contribution is 2.40. The number of ether oxygens (including phenoxy) is 4. The Morgan fingerprint density at radius 3 is 2.06 bits per heavy atom. The van der Waals surface area contributed by atoms with Crippen molar-refractivity contribution >= 4 is 23.5 Å². The second kappa shape index (κ2) is 16.2. The third kappa shape index (κ3) is 9.29. The van der Waals surface area contributed by atoms with Crippen LogP contribution in [0.1, 0.15) is 38.3 Å². The number of methoxy groups -OCH3 is 3. The largest absolute Gasteiger partial charge is 0.493 e. The molecule has 1 heterocycles. The lowest BCUT2D eigenvalue weighted by Crippen LogP contribution is -2.46. The zero-order valence-electron chi connectivity index (χ0n) is 26.9. The van der Waals surface area contributed by atoms with Crippen molar-refractivity contribution in [3.05, 3.63) is 76.9 Å². The molecule has 0 aliphatic carbocycles. The predicted octanol–water partition coefficient (Wildman–Crippen LogP) is 3.98. The van der Waals surface area contributed by atoms with E-state index in [1.54, 1.807) is 21.3 Å². The van der Waals surface area contributed by atoms with Gasteiger partial charge in [0.05, 0.1) is 39.2 Å². The van der Waals surface area contributed by atoms with E-state index in [1.807, 2.05) is 12.1 Å². The van der Waals surface area contributed by atoms with E-state index in [9.17, 15) is 22.8 Å². The minimum atomic E-state index is -4.54. The molecule has 3 aromatic rings. The number of guanidine groups is 1. The minimum absolute atomic E-state index is 0.0152. The molecule has 15 heteroatoms. The summed E-state index contributed by atoms with van der Waals surface area (Å²) in [4.78, 5) is 33.5. The van der Waals surface area contributed by atoms with Crippen molar-refractivity contribution in [2.45, 2.75) is 19.1 Å². The van der Waals surface area contributed by atoms with Gasteiger partial charge in [-0.3, -0.25) is 14.5 Å². The molecule has 2 amide bonds. The Morgan fingerprint density at radius 1 is 0.833 bits per heavy atom. The Morgan fingerprint density at radius 2 is 1.46 bits per heavy atom. The first-order valence-corrected chi connectivity index (χ1v) is 15.1. The number of piperazine rings is 1. The summed E-state index contributed by atoms with van der Waals surface area (Å²) < 4.78 is 61.4. The number of nitrogens with one attached hydrogen (secondary N) is 1. The smallest absolute Gasteiger partial charge is 0.416 e. The Balaban J connectivity index is 1.34. The molecule has 1 saturated heterocycles. The molecular weight excluding hydrogens is 633 g/mol. The number of hydrogen-bond acceptors (Lipinski definition) is 8. The fourth-order valence-corrected chi connectivity index (χ4v) is 5.24. The molecule has 1 aliphatic rings. The number of rotatable bonds is 13. The Kier molecular flexibility index (Phi) is 12.1. The van der Waals surface area contributed by atoms with Crippen molar-refractivity contribution in [3.63, 3.8) is 0 Å². The Labute approximate surface area is 276 Å². The molecule has 0 spiro atoms. The molecule has 0 unspecified atom stereocenters. The molecule has 4 rings (SSSR count). The molecule has 0 bridgehead atoms. The third-order valence-electron chi connectivity index (χ3n) is 7.70. The molecular formula is C33H39F3N6O6. The van der Waals surface area contributed by atoms with Crippen LogP contribution in [-0.2, 0) is 12.7 Å². The number of nitrogens with two attached hydrogens (primary N) is 2. The molecule has 48 heavy (non-hydrogen) atoms. The van der Waals surface area contributed by atoms with Gasteiger partial charge in [0.2, 0.25) is 5.75 Å². The molecule has 0 atom stereocenters. The lowest BCUT2D eigenvalue weighted by atomic mass is 10.1. The van der Waals surface area contributed by atoms with Crippen molar-refractivity contribution in [3.8, 4) is 23.0 Å². The van der Waals surface area contributed by atoms with Crippen molar-refractivity contribution in [2.75, 3.05) is 66.0 Å². The second-order valence-corrected chi connectivity index (χ2v) is 10.9. The van der Waals surface area contributed by atoms with Crippen molar-refractivity contribution in [1.29, 1.82) is 0 Å². The maximum absolute atomic E-state index is 13.0. The van der Waals surface area contributed by atoms with Gasteiger partial charge in [-0.1, -0.05) is 6.07 Å². The number of nitrogens with zero attached hydrogens (tertiary/aromatic N) is 3. The molecule has 0 saturated carbocycles. The molecule has 12 nitrogen and oxygen atoms in total. The summed E-state index contributed by atoms with van der Waals surface area (Å²) in [5.74, 6) is 0.226. The molecule has 3 aromatic carbocycles. The third-order valence-corrected chi connectivity index (χ3v) is 7.70. The standard InChI is InChI=1S/C33H39F3N6O6/c1-45-27-12-8-23(28(46-2)29(27)47-3)20-42-16-14-41(15-17-42)13-4-18-48-26-11-7-22(31(44)40-32(37)38)19-25(26)39-30(43)21-5-9-24(10-6-21)33(34,35)36/h5-12,19H,4,13-18,20H2,1-3H3,(H,39,43)(H4,37,38,40,44). The van der Waals surface area contributed by atoms with Gasteiger partial charge in [-0.15, -0.1) is 0 Å². The topological polar surface area (TPSA) is 154 Å². The lowest BCUT2D eigenvalue weighted by Gasteiger charge is -2.35. The number of amides is 2. The van der Waals surface area contributed by atoms with E-state index in [-0.39, 0.29) is 22.6 Å². The van der Waals surface area contributed by atoms with Gasteiger partial charge in [-0.05, 0) is 55.0 Å². The molecule has 1 fully saturated rings. The lowest BCUT2D eigenvalue weighted by molar-refractivity contribution is -0.137. The quantitative estimate of drug-likeness (QED) is 0.138. The first-order valence-electron chi connectivity index (χ1n) is 15.1. The monoisotopic (exact) mass is 672 g/mol. The number of hydrogen-bond donors (Lipinski definition) is 3. The first-order chi connectivity index (χ1) is 22.9. The maximum Gasteiger partial charge on any atom is 0.416 e. The second-order valence-electron chi connectivity index (χ2n) is 10.9. The molecule has 258 valence electrons. The number of halogens is 3. The van der Waals surface area contributed by atoms with E-state index in [4.69, 9.17) is 30.4 Å². The fraction of sp³-hybridized carbons (Fsp3) is 0.364. The number of carbonyl (C=O) groups is 2. The van der Waals surface area contributed by atoms with Crippen LogP contribution in [0.2, 0.25) is 0 Å². The van der Waals surface area contributed by atoms with Gasteiger partial charge in [0.1, 0.15) is 5.75 Å². The molecule has 5 N–H and O–H groups in total. The maximum atomic E-state index is 13.0. The SMILES string of the molecule is COc1ccc(CN2CCN(CCCOc3ccc(C(=O)N=C(N)N)cc3NC(=O)c3ccc(C(F)(F)F)cc3)CC2)c(OC)c1OC. The van der Waals surface area contributed by atoms with E-state index in [1.165, 1.54) is 18.2 Å². The summed E-state index contributed by atoms with van der Waals surface area (Å²) in [6, 6.07) is 11.9. The van der Waals surface area contributed by atoms with Crippen LogP contribution in [-0.4, -0.2) is 88.2 Å². The average Bonchev–Trinajstić information content (AvgIpc) is 3.06. The van der Waals surface area contributed by atoms with Crippen LogP contribution in [0.3, 0.4) is 0 Å². The highest BCUT2D eigenvalue weighted by molar-refractivity contribution is 6.07. The first kappa shape index (κ1) is 35.8. The van der Waals surface area contributed by atoms with Gasteiger partial charge >= 0.3 is 6.18 Å². The van der Waals surface area contributed by atoms with Gasteiger partial charge in [0.25, 0.3) is 11.8 Å².